The Hall–Kier alpha value is -1.35. The van der Waals surface area contributed by atoms with Crippen molar-refractivity contribution in [3.05, 3.63) is 35.9 Å². The molecule has 0 saturated heterocycles. The van der Waals surface area contributed by atoms with Gasteiger partial charge in [0.15, 0.2) is 0 Å². The Morgan fingerprint density at radius 1 is 1.14 bits per heavy atom. The molecule has 1 aromatic carbocycles. The molecule has 3 heteroatoms. The van der Waals surface area contributed by atoms with Crippen LogP contribution in [0.5, 0.6) is 0 Å². The molecule has 2 unspecified atom stereocenters. The topological polar surface area (TPSA) is 36.4 Å². The SMILES string of the molecule is CC1N=C(c2ccccc2)NC(C)N1. The van der Waals surface area contributed by atoms with E-state index in [1.165, 1.54) is 0 Å². The van der Waals surface area contributed by atoms with Crippen LogP contribution >= 0.6 is 0 Å². The zero-order valence-corrected chi connectivity index (χ0v) is 8.49. The maximum Gasteiger partial charge on any atom is 0.131 e. The van der Waals surface area contributed by atoms with Gasteiger partial charge < -0.3 is 5.32 Å². The molecule has 0 bridgehead atoms. The third-order valence-corrected chi connectivity index (χ3v) is 2.21. The van der Waals surface area contributed by atoms with E-state index in [1.54, 1.807) is 0 Å². The van der Waals surface area contributed by atoms with E-state index >= 15 is 0 Å². The average molecular weight is 189 g/mol. The number of aliphatic imine (C=N–C) groups is 1. The fourth-order valence-electron chi connectivity index (χ4n) is 1.63. The molecule has 0 amide bonds. The molecular formula is C11H15N3. The molecule has 2 rings (SSSR count). The molecule has 2 atom stereocenters. The molecule has 1 heterocycles. The molecule has 14 heavy (non-hydrogen) atoms. The molecule has 0 spiro atoms. The van der Waals surface area contributed by atoms with Crippen molar-refractivity contribution in [3.8, 4) is 0 Å². The van der Waals surface area contributed by atoms with Crippen LogP contribution in [0.2, 0.25) is 0 Å². The van der Waals surface area contributed by atoms with Gasteiger partial charge in [-0.25, -0.2) is 4.99 Å². The van der Waals surface area contributed by atoms with Gasteiger partial charge in [-0.15, -0.1) is 0 Å². The van der Waals surface area contributed by atoms with Gasteiger partial charge in [-0.3, -0.25) is 5.32 Å². The highest BCUT2D eigenvalue weighted by atomic mass is 15.3. The minimum absolute atomic E-state index is 0.182. The quantitative estimate of drug-likeness (QED) is 0.699. The number of hydrogen-bond acceptors (Lipinski definition) is 3. The van der Waals surface area contributed by atoms with Gasteiger partial charge in [0.05, 0.1) is 6.17 Å². The Balaban J connectivity index is 2.26. The number of nitrogens with one attached hydrogen (secondary N) is 2. The molecule has 3 nitrogen and oxygen atoms in total. The van der Waals surface area contributed by atoms with Gasteiger partial charge in [-0.1, -0.05) is 30.3 Å². The van der Waals surface area contributed by atoms with E-state index in [1.807, 2.05) is 18.2 Å². The Morgan fingerprint density at radius 2 is 1.86 bits per heavy atom. The van der Waals surface area contributed by atoms with Crippen molar-refractivity contribution in [1.29, 1.82) is 0 Å². The Kier molecular flexibility index (Phi) is 2.50. The smallest absolute Gasteiger partial charge is 0.131 e. The predicted molar refractivity (Wildman–Crippen MR) is 58.2 cm³/mol. The zero-order chi connectivity index (χ0) is 9.97. The van der Waals surface area contributed by atoms with Crippen LogP contribution in [0.1, 0.15) is 19.4 Å². The van der Waals surface area contributed by atoms with E-state index in [2.05, 4.69) is 41.6 Å². The van der Waals surface area contributed by atoms with Crippen LogP contribution < -0.4 is 10.6 Å². The van der Waals surface area contributed by atoms with E-state index in [0.29, 0.717) is 0 Å². The lowest BCUT2D eigenvalue weighted by Gasteiger charge is -2.27. The van der Waals surface area contributed by atoms with Gasteiger partial charge in [0.1, 0.15) is 12.0 Å². The number of hydrogen-bond donors (Lipinski definition) is 2. The van der Waals surface area contributed by atoms with E-state index in [-0.39, 0.29) is 12.3 Å². The third kappa shape index (κ3) is 1.93. The van der Waals surface area contributed by atoms with Crippen LogP contribution in [0.25, 0.3) is 0 Å². The van der Waals surface area contributed by atoms with Crippen molar-refractivity contribution >= 4 is 5.84 Å². The van der Waals surface area contributed by atoms with E-state index in [4.69, 9.17) is 0 Å². The first-order valence-electron chi connectivity index (χ1n) is 4.91. The Morgan fingerprint density at radius 3 is 2.50 bits per heavy atom. The van der Waals surface area contributed by atoms with Crippen molar-refractivity contribution in [2.45, 2.75) is 26.2 Å². The monoisotopic (exact) mass is 189 g/mol. The highest BCUT2D eigenvalue weighted by Crippen LogP contribution is 2.04. The van der Waals surface area contributed by atoms with Crippen molar-refractivity contribution in [2.24, 2.45) is 4.99 Å². The van der Waals surface area contributed by atoms with E-state index < -0.39 is 0 Å². The lowest BCUT2D eigenvalue weighted by molar-refractivity contribution is 0.433. The molecular weight excluding hydrogens is 174 g/mol. The van der Waals surface area contributed by atoms with Crippen molar-refractivity contribution in [2.75, 3.05) is 0 Å². The van der Waals surface area contributed by atoms with Gasteiger partial charge in [0, 0.05) is 5.56 Å². The normalized spacial score (nSPS) is 26.6. The minimum atomic E-state index is 0.182. The number of nitrogens with zero attached hydrogens (tertiary/aromatic N) is 1. The summed E-state index contributed by atoms with van der Waals surface area (Å²) in [7, 11) is 0. The summed E-state index contributed by atoms with van der Waals surface area (Å²) < 4.78 is 0. The maximum atomic E-state index is 4.50. The summed E-state index contributed by atoms with van der Waals surface area (Å²) in [4.78, 5) is 4.50. The molecule has 2 N–H and O–H groups in total. The molecule has 0 fully saturated rings. The van der Waals surface area contributed by atoms with Gasteiger partial charge in [-0.05, 0) is 13.8 Å². The second-order valence-corrected chi connectivity index (χ2v) is 3.55. The van der Waals surface area contributed by atoms with Crippen LogP contribution in [0, 0.1) is 0 Å². The summed E-state index contributed by atoms with van der Waals surface area (Å²) in [5.41, 5.74) is 1.15. The molecule has 74 valence electrons. The number of benzene rings is 1. The lowest BCUT2D eigenvalue weighted by atomic mass is 10.2. The Bertz CT molecular complexity index is 332. The minimum Gasteiger partial charge on any atom is -0.355 e. The molecule has 0 aromatic heterocycles. The standard InChI is InChI=1S/C11H15N3/c1-8-12-9(2)14-11(13-8)10-6-4-3-5-7-10/h3-9,12H,1-2H3,(H,13,14). The Labute approximate surface area is 84.2 Å². The van der Waals surface area contributed by atoms with E-state index in [0.717, 1.165) is 11.4 Å². The summed E-state index contributed by atoms with van der Waals surface area (Å²) in [5.74, 6) is 0.976. The predicted octanol–water partition coefficient (Wildman–Crippen LogP) is 1.32. The molecule has 1 aromatic rings. The van der Waals surface area contributed by atoms with Crippen LogP contribution in [0.3, 0.4) is 0 Å². The zero-order valence-electron chi connectivity index (χ0n) is 8.49. The van der Waals surface area contributed by atoms with Crippen molar-refractivity contribution in [1.82, 2.24) is 10.6 Å². The maximum absolute atomic E-state index is 4.50. The lowest BCUT2D eigenvalue weighted by Crippen LogP contribution is -2.51. The summed E-state index contributed by atoms with van der Waals surface area (Å²) in [6.07, 6.45) is 0.458. The summed E-state index contributed by atoms with van der Waals surface area (Å²) in [6, 6.07) is 10.2. The molecule has 1 aliphatic rings. The van der Waals surface area contributed by atoms with Crippen LogP contribution in [-0.4, -0.2) is 18.2 Å². The molecule has 0 radical (unpaired) electrons. The molecule has 0 saturated carbocycles. The average Bonchev–Trinajstić information content (AvgIpc) is 2.18. The largest absolute Gasteiger partial charge is 0.355 e. The second-order valence-electron chi connectivity index (χ2n) is 3.55. The van der Waals surface area contributed by atoms with Crippen LogP contribution in [0.4, 0.5) is 0 Å². The van der Waals surface area contributed by atoms with Crippen LogP contribution in [-0.2, 0) is 0 Å². The number of rotatable bonds is 1. The third-order valence-electron chi connectivity index (χ3n) is 2.21. The number of amidine groups is 1. The first-order chi connectivity index (χ1) is 6.75. The van der Waals surface area contributed by atoms with Gasteiger partial charge in [-0.2, -0.15) is 0 Å². The highest BCUT2D eigenvalue weighted by Gasteiger charge is 2.15. The van der Waals surface area contributed by atoms with E-state index in [9.17, 15) is 0 Å². The first kappa shape index (κ1) is 9.21. The summed E-state index contributed by atoms with van der Waals surface area (Å²) >= 11 is 0. The molecule has 1 aliphatic heterocycles. The summed E-state index contributed by atoms with van der Waals surface area (Å²) in [5, 5.41) is 6.58. The molecule has 0 aliphatic carbocycles. The van der Waals surface area contributed by atoms with Crippen molar-refractivity contribution < 1.29 is 0 Å². The second kappa shape index (κ2) is 3.80. The fourth-order valence-corrected chi connectivity index (χ4v) is 1.63. The highest BCUT2D eigenvalue weighted by molar-refractivity contribution is 5.99. The van der Waals surface area contributed by atoms with Gasteiger partial charge in [0.2, 0.25) is 0 Å². The fraction of sp³-hybridized carbons (Fsp3) is 0.364. The first-order valence-corrected chi connectivity index (χ1v) is 4.91. The van der Waals surface area contributed by atoms with Gasteiger partial charge in [0.25, 0.3) is 0 Å². The van der Waals surface area contributed by atoms with Crippen molar-refractivity contribution in [3.63, 3.8) is 0 Å². The van der Waals surface area contributed by atoms with Gasteiger partial charge >= 0.3 is 0 Å². The van der Waals surface area contributed by atoms with Crippen LogP contribution in [0.15, 0.2) is 35.3 Å². The summed E-state index contributed by atoms with van der Waals surface area (Å²) in [6.45, 7) is 4.15.